The van der Waals surface area contributed by atoms with Gasteiger partial charge in [0, 0.05) is 53.9 Å². The number of nitrogens with zero attached hydrogens (tertiary/aromatic N) is 3. The van der Waals surface area contributed by atoms with E-state index in [9.17, 15) is 4.79 Å². The number of anilines is 1. The summed E-state index contributed by atoms with van der Waals surface area (Å²) in [6, 6.07) is 3.93. The molecule has 7 nitrogen and oxygen atoms in total. The van der Waals surface area contributed by atoms with Gasteiger partial charge in [-0.3, -0.25) is 4.98 Å². The minimum atomic E-state index is -0.903. The smallest absolute Gasteiger partial charge is 0.340 e. The largest absolute Gasteiger partial charge is 0.478 e. The number of ether oxygens (including phenoxy) is 3. The lowest BCUT2D eigenvalue weighted by Gasteiger charge is -2.41. The fourth-order valence-corrected chi connectivity index (χ4v) is 4.63. The zero-order valence-corrected chi connectivity index (χ0v) is 24.9. The van der Waals surface area contributed by atoms with E-state index in [1.165, 1.54) is 0 Å². The van der Waals surface area contributed by atoms with E-state index < -0.39 is 17.7 Å². The summed E-state index contributed by atoms with van der Waals surface area (Å²) in [5.74, 6) is 0.214. The summed E-state index contributed by atoms with van der Waals surface area (Å²) in [5.41, 5.74) is 4.07. The van der Waals surface area contributed by atoms with Crippen LogP contribution in [0.5, 0.6) is 5.88 Å². The number of unbranched alkanes of at least 4 members (excludes halogenated alkanes) is 1. The maximum Gasteiger partial charge on any atom is 0.340 e. The summed E-state index contributed by atoms with van der Waals surface area (Å²) in [6.07, 6.45) is 6.74. The normalized spacial score (nSPS) is 16.4. The number of carbonyl (C=O) groups excluding carboxylic acids is 1. The SMILES string of the molecule is CCCCOc1ccc(-c2cnc(C)c(C(OC(C)(C)C)C(=O)OC(C)C)c2N2CCC(C)(C)CC2)cn1. The van der Waals surface area contributed by atoms with Gasteiger partial charge in [-0.15, -0.1) is 0 Å². The Hall–Kier alpha value is -2.67. The molecule has 3 heterocycles. The summed E-state index contributed by atoms with van der Waals surface area (Å²) in [7, 11) is 0. The maximum absolute atomic E-state index is 13.5. The van der Waals surface area contributed by atoms with E-state index in [0.717, 1.165) is 66.8 Å². The molecule has 38 heavy (non-hydrogen) atoms. The summed E-state index contributed by atoms with van der Waals surface area (Å²) < 4.78 is 17.9. The lowest BCUT2D eigenvalue weighted by molar-refractivity contribution is -0.171. The van der Waals surface area contributed by atoms with Crippen molar-refractivity contribution in [3.63, 3.8) is 0 Å². The van der Waals surface area contributed by atoms with Crippen LogP contribution in [0.1, 0.15) is 98.4 Å². The number of esters is 1. The fourth-order valence-electron chi connectivity index (χ4n) is 4.63. The second-order valence-corrected chi connectivity index (χ2v) is 12.4. The summed E-state index contributed by atoms with van der Waals surface area (Å²) in [4.78, 5) is 25.2. The molecule has 0 radical (unpaired) electrons. The number of carbonyl (C=O) groups is 1. The van der Waals surface area contributed by atoms with E-state index in [-0.39, 0.29) is 11.5 Å². The Balaban J connectivity index is 2.15. The van der Waals surface area contributed by atoms with Crippen LogP contribution in [0, 0.1) is 12.3 Å². The van der Waals surface area contributed by atoms with Gasteiger partial charge < -0.3 is 19.1 Å². The molecule has 1 aliphatic heterocycles. The molecule has 0 aliphatic carbocycles. The van der Waals surface area contributed by atoms with Crippen LogP contribution in [0.15, 0.2) is 24.5 Å². The van der Waals surface area contributed by atoms with Crippen LogP contribution in [-0.2, 0) is 14.3 Å². The van der Waals surface area contributed by atoms with Crippen molar-refractivity contribution in [2.24, 2.45) is 5.41 Å². The highest BCUT2D eigenvalue weighted by Crippen LogP contribution is 2.43. The second kappa shape index (κ2) is 12.5. The monoisotopic (exact) mass is 525 g/mol. The zero-order valence-electron chi connectivity index (χ0n) is 24.9. The first-order valence-electron chi connectivity index (χ1n) is 14.0. The Morgan fingerprint density at radius 3 is 2.34 bits per heavy atom. The predicted octanol–water partition coefficient (Wildman–Crippen LogP) is 7.07. The van der Waals surface area contributed by atoms with Crippen LogP contribution in [-0.4, -0.2) is 47.3 Å². The molecule has 1 aliphatic rings. The van der Waals surface area contributed by atoms with Gasteiger partial charge in [0.05, 0.1) is 24.0 Å². The van der Waals surface area contributed by atoms with Gasteiger partial charge in [-0.25, -0.2) is 9.78 Å². The maximum atomic E-state index is 13.5. The van der Waals surface area contributed by atoms with Gasteiger partial charge in [0.15, 0.2) is 6.10 Å². The topological polar surface area (TPSA) is 73.8 Å². The van der Waals surface area contributed by atoms with Crippen molar-refractivity contribution in [3.05, 3.63) is 35.8 Å². The van der Waals surface area contributed by atoms with Crippen LogP contribution in [0.4, 0.5) is 5.69 Å². The fraction of sp³-hybridized carbons (Fsp3) is 0.645. The van der Waals surface area contributed by atoms with E-state index in [1.54, 1.807) is 0 Å². The van der Waals surface area contributed by atoms with Gasteiger partial charge in [-0.05, 0) is 72.3 Å². The third-order valence-electron chi connectivity index (χ3n) is 6.82. The minimum Gasteiger partial charge on any atom is -0.478 e. The molecule has 2 aromatic rings. The van der Waals surface area contributed by atoms with Crippen molar-refractivity contribution < 1.29 is 19.0 Å². The number of rotatable bonds is 10. The highest BCUT2D eigenvalue weighted by molar-refractivity contribution is 5.87. The zero-order chi connectivity index (χ0) is 28.1. The highest BCUT2D eigenvalue weighted by Gasteiger charge is 2.37. The Bertz CT molecular complexity index is 1060. The molecule has 1 saturated heterocycles. The van der Waals surface area contributed by atoms with Crippen LogP contribution >= 0.6 is 0 Å². The Morgan fingerprint density at radius 2 is 1.79 bits per heavy atom. The van der Waals surface area contributed by atoms with Crippen molar-refractivity contribution >= 4 is 11.7 Å². The molecule has 2 aromatic heterocycles. The Morgan fingerprint density at radius 1 is 1.11 bits per heavy atom. The molecule has 0 spiro atoms. The molecule has 0 N–H and O–H groups in total. The van der Waals surface area contributed by atoms with Crippen LogP contribution in [0.2, 0.25) is 0 Å². The summed E-state index contributed by atoms with van der Waals surface area (Å²) in [6.45, 7) is 20.7. The minimum absolute atomic E-state index is 0.256. The van der Waals surface area contributed by atoms with Gasteiger partial charge in [0.25, 0.3) is 0 Å². The molecular weight excluding hydrogens is 478 g/mol. The summed E-state index contributed by atoms with van der Waals surface area (Å²) in [5, 5.41) is 0. The Labute approximate surface area is 229 Å². The molecule has 1 unspecified atom stereocenters. The molecule has 3 rings (SSSR count). The summed E-state index contributed by atoms with van der Waals surface area (Å²) >= 11 is 0. The molecule has 210 valence electrons. The van der Waals surface area contributed by atoms with Gasteiger partial charge >= 0.3 is 5.97 Å². The van der Waals surface area contributed by atoms with E-state index in [4.69, 9.17) is 19.2 Å². The quantitative estimate of drug-likeness (QED) is 0.243. The van der Waals surface area contributed by atoms with Gasteiger partial charge in [0.2, 0.25) is 5.88 Å². The number of aromatic nitrogens is 2. The lowest BCUT2D eigenvalue weighted by atomic mass is 9.82. The molecule has 1 atom stereocenters. The molecule has 0 amide bonds. The van der Waals surface area contributed by atoms with Crippen molar-refractivity contribution in [2.75, 3.05) is 24.6 Å². The first-order valence-corrected chi connectivity index (χ1v) is 14.0. The number of piperidine rings is 1. The predicted molar refractivity (Wildman–Crippen MR) is 153 cm³/mol. The standard InChI is InChI=1S/C31H47N3O4/c1-10-11-18-36-25-13-12-23(19-33-25)24-20-32-22(4)26(27(24)34-16-14-31(8,9)15-17-34)28(38-30(5,6)7)29(35)37-21(2)3/h12-13,19-21,28H,10-11,14-18H2,1-9H3. The lowest BCUT2D eigenvalue weighted by Crippen LogP contribution is -2.39. The Kier molecular flexibility index (Phi) is 9.80. The van der Waals surface area contributed by atoms with E-state index in [1.807, 2.05) is 66.1 Å². The van der Waals surface area contributed by atoms with Gasteiger partial charge in [0.1, 0.15) is 0 Å². The number of pyridine rings is 2. The van der Waals surface area contributed by atoms with E-state index >= 15 is 0 Å². The van der Waals surface area contributed by atoms with Crippen molar-refractivity contribution in [2.45, 2.75) is 106 Å². The third-order valence-corrected chi connectivity index (χ3v) is 6.82. The van der Waals surface area contributed by atoms with Crippen molar-refractivity contribution in [1.82, 2.24) is 9.97 Å². The van der Waals surface area contributed by atoms with Gasteiger partial charge in [-0.2, -0.15) is 0 Å². The molecule has 0 aromatic carbocycles. The average Bonchev–Trinajstić information content (AvgIpc) is 2.82. The molecule has 0 bridgehead atoms. The van der Waals surface area contributed by atoms with Crippen LogP contribution in [0.3, 0.4) is 0 Å². The number of hydrogen-bond donors (Lipinski definition) is 0. The number of aryl methyl sites for hydroxylation is 1. The average molecular weight is 526 g/mol. The molecule has 7 heteroatoms. The molecule has 1 fully saturated rings. The second-order valence-electron chi connectivity index (χ2n) is 12.4. The number of hydrogen-bond acceptors (Lipinski definition) is 7. The van der Waals surface area contributed by atoms with Crippen molar-refractivity contribution in [3.8, 4) is 17.0 Å². The van der Waals surface area contributed by atoms with E-state index in [0.29, 0.717) is 12.5 Å². The molecular formula is C31H47N3O4. The molecule has 0 saturated carbocycles. The first kappa shape index (κ1) is 29.9. The first-order chi connectivity index (χ1) is 17.8. The van der Waals surface area contributed by atoms with Crippen LogP contribution < -0.4 is 9.64 Å². The van der Waals surface area contributed by atoms with Crippen LogP contribution in [0.25, 0.3) is 11.1 Å². The van der Waals surface area contributed by atoms with E-state index in [2.05, 4.69) is 30.7 Å². The van der Waals surface area contributed by atoms with Crippen molar-refractivity contribution in [1.29, 1.82) is 0 Å². The highest BCUT2D eigenvalue weighted by atomic mass is 16.6. The third kappa shape index (κ3) is 7.92. The van der Waals surface area contributed by atoms with Gasteiger partial charge in [-0.1, -0.05) is 27.2 Å².